The van der Waals surface area contributed by atoms with Crippen molar-refractivity contribution in [2.75, 3.05) is 51.6 Å². The third-order valence-corrected chi connectivity index (χ3v) is 11.1. The predicted octanol–water partition coefficient (Wildman–Crippen LogP) is 6.47. The average Bonchev–Trinajstić information content (AvgIpc) is 3.74. The highest BCUT2D eigenvalue weighted by Gasteiger charge is 2.50. The molecule has 4 aliphatic heterocycles. The molecule has 12 nitrogen and oxygen atoms in total. The van der Waals surface area contributed by atoms with Crippen LogP contribution in [0.5, 0.6) is 11.8 Å². The van der Waals surface area contributed by atoms with Gasteiger partial charge in [-0.3, -0.25) is 9.80 Å². The molecule has 0 aliphatic carbocycles. The second-order valence-corrected chi connectivity index (χ2v) is 15.8. The van der Waals surface area contributed by atoms with Gasteiger partial charge in [0.25, 0.3) is 0 Å². The van der Waals surface area contributed by atoms with Crippen molar-refractivity contribution in [3.63, 3.8) is 0 Å². The minimum atomic E-state index is -0.891. The first-order valence-corrected chi connectivity index (χ1v) is 18.7. The number of rotatable bonds is 9. The zero-order valence-electron chi connectivity index (χ0n) is 31.0. The van der Waals surface area contributed by atoms with Crippen molar-refractivity contribution in [2.45, 2.75) is 95.6 Å². The van der Waals surface area contributed by atoms with E-state index in [9.17, 15) is 9.18 Å². The van der Waals surface area contributed by atoms with Crippen molar-refractivity contribution in [1.82, 2.24) is 30.0 Å². The van der Waals surface area contributed by atoms with Gasteiger partial charge in [-0.1, -0.05) is 13.0 Å². The molecule has 8 rings (SSSR count). The van der Waals surface area contributed by atoms with E-state index in [-0.39, 0.29) is 48.9 Å². The van der Waals surface area contributed by atoms with Gasteiger partial charge in [-0.25, -0.2) is 13.6 Å². The molecule has 2 aromatic heterocycles. The van der Waals surface area contributed by atoms with Crippen LogP contribution in [0.2, 0.25) is 0 Å². The van der Waals surface area contributed by atoms with Gasteiger partial charge >= 0.3 is 12.1 Å². The molecule has 4 aliphatic rings. The Kier molecular flexibility index (Phi) is 9.24. The molecule has 14 heteroatoms. The molecular formula is C39H47F2N7O5. The second-order valence-electron chi connectivity index (χ2n) is 15.8. The number of benzene rings is 2. The lowest BCUT2D eigenvalue weighted by Gasteiger charge is -2.41. The van der Waals surface area contributed by atoms with E-state index >= 15 is 4.39 Å². The fourth-order valence-electron chi connectivity index (χ4n) is 8.90. The molecule has 4 saturated heterocycles. The van der Waals surface area contributed by atoms with Crippen LogP contribution in [0.1, 0.15) is 65.4 Å². The number of hydrogen-bond acceptors (Lipinski definition) is 11. The van der Waals surface area contributed by atoms with Crippen LogP contribution >= 0.6 is 0 Å². The normalized spacial score (nSPS) is 24.3. The van der Waals surface area contributed by atoms with E-state index in [0.29, 0.717) is 77.3 Å². The summed E-state index contributed by atoms with van der Waals surface area (Å²) in [6, 6.07) is 8.74. The van der Waals surface area contributed by atoms with Gasteiger partial charge < -0.3 is 23.8 Å². The summed E-state index contributed by atoms with van der Waals surface area (Å²) in [5.74, 6) is 0.796. The zero-order valence-corrected chi connectivity index (χ0v) is 31.0. The quantitative estimate of drug-likeness (QED) is 0.177. The van der Waals surface area contributed by atoms with Crippen LogP contribution in [-0.2, 0) is 15.9 Å². The Balaban J connectivity index is 1.21. The molecule has 4 fully saturated rings. The molecule has 0 spiro atoms. The van der Waals surface area contributed by atoms with Crippen molar-refractivity contribution >= 4 is 33.7 Å². The fraction of sp³-hybridized carbons (Fsp3) is 0.564. The lowest BCUT2D eigenvalue weighted by molar-refractivity contribution is 0.0122. The summed E-state index contributed by atoms with van der Waals surface area (Å²) >= 11 is 0. The molecule has 4 atom stereocenters. The maximum Gasteiger partial charge on any atom is 0.410 e. The minimum absolute atomic E-state index is 0.0404. The Bertz CT molecular complexity index is 2030. The average molecular weight is 732 g/mol. The number of piperazine rings is 1. The Morgan fingerprint density at radius 1 is 1.04 bits per heavy atom. The smallest absolute Gasteiger partial charge is 0.410 e. The van der Waals surface area contributed by atoms with Crippen molar-refractivity contribution in [1.29, 1.82) is 0 Å². The number of nitrogens with zero attached hydrogens (tertiary/aromatic N) is 7. The Morgan fingerprint density at radius 3 is 2.57 bits per heavy atom. The Hall–Kier alpha value is -4.43. The standard InChI is InChI=1S/C39H47F2N7O5/c1-6-28-30(41)11-8-23-14-27(52-22-50-5)15-29(33(23)28)31-16-32-34(45-44-31)35(43-36(42-32)51-21-39-12-7-13-47(39)18-24(40)17-39)46-19-25-9-10-26(20-46)48(25)37(49)53-38(2,3)4/h8,11,14-16,24-26H,6-7,9-10,12-13,17-22H2,1-5H3/t24-,25?,26?,39+/m1/s1. The SMILES string of the molecule is CCc1c(F)ccc2cc(OCOC)cc(-c3cc4nc(OC[C@@]56CCCN5C[C@H](F)C6)nc(N5CC6CCC(C5)N6C(=O)OC(C)(C)C)c4nn3)c12. The number of aromatic nitrogens is 4. The lowest BCUT2D eigenvalue weighted by Crippen LogP contribution is -2.57. The summed E-state index contributed by atoms with van der Waals surface area (Å²) in [4.78, 5) is 29.3. The summed E-state index contributed by atoms with van der Waals surface area (Å²) in [6.07, 6.45) is 3.22. The highest BCUT2D eigenvalue weighted by Crippen LogP contribution is 2.42. The van der Waals surface area contributed by atoms with E-state index in [1.54, 1.807) is 13.2 Å². The molecule has 0 radical (unpaired) electrons. The van der Waals surface area contributed by atoms with Gasteiger partial charge in [0.1, 0.15) is 35.5 Å². The van der Waals surface area contributed by atoms with Crippen LogP contribution in [0.25, 0.3) is 33.1 Å². The van der Waals surface area contributed by atoms with Crippen molar-refractivity contribution in [2.24, 2.45) is 0 Å². The van der Waals surface area contributed by atoms with Gasteiger partial charge in [0.2, 0.25) is 0 Å². The Morgan fingerprint density at radius 2 is 1.83 bits per heavy atom. The molecule has 0 saturated carbocycles. The number of carbonyl (C=O) groups excluding carboxylic acids is 1. The number of halogens is 2. The molecule has 2 aromatic carbocycles. The Labute approximate surface area is 307 Å². The van der Waals surface area contributed by atoms with Crippen molar-refractivity contribution in [3.05, 3.63) is 41.7 Å². The van der Waals surface area contributed by atoms with E-state index in [4.69, 9.17) is 39.1 Å². The third-order valence-electron chi connectivity index (χ3n) is 11.1. The monoisotopic (exact) mass is 731 g/mol. The number of methoxy groups -OCH3 is 1. The van der Waals surface area contributed by atoms with Gasteiger partial charge in [0.05, 0.1) is 23.3 Å². The van der Waals surface area contributed by atoms with E-state index in [2.05, 4.69) is 9.80 Å². The van der Waals surface area contributed by atoms with Gasteiger partial charge in [0, 0.05) is 38.7 Å². The number of aryl methyl sites for hydroxylation is 1. The first-order chi connectivity index (χ1) is 25.4. The number of anilines is 1. The van der Waals surface area contributed by atoms with Crippen LogP contribution in [0, 0.1) is 5.82 Å². The first kappa shape index (κ1) is 35.6. The molecule has 282 valence electrons. The zero-order chi connectivity index (χ0) is 37.1. The van der Waals surface area contributed by atoms with Gasteiger partial charge in [-0.2, -0.15) is 9.97 Å². The van der Waals surface area contributed by atoms with Crippen LogP contribution in [0.4, 0.5) is 19.4 Å². The van der Waals surface area contributed by atoms with Crippen LogP contribution in [0.3, 0.4) is 0 Å². The fourth-order valence-corrected chi connectivity index (χ4v) is 8.90. The molecule has 0 N–H and O–H groups in total. The van der Waals surface area contributed by atoms with E-state index in [1.165, 1.54) is 6.07 Å². The number of amides is 1. The predicted molar refractivity (Wildman–Crippen MR) is 196 cm³/mol. The number of alkyl halides is 1. The largest absolute Gasteiger partial charge is 0.468 e. The molecule has 4 aromatic rings. The number of fused-ring (bicyclic) bond motifs is 5. The van der Waals surface area contributed by atoms with Crippen LogP contribution in [0.15, 0.2) is 30.3 Å². The van der Waals surface area contributed by atoms with Crippen LogP contribution < -0.4 is 14.4 Å². The topological polar surface area (TPSA) is 115 Å². The van der Waals surface area contributed by atoms with E-state index < -0.39 is 11.8 Å². The maximum atomic E-state index is 15.3. The first-order valence-electron chi connectivity index (χ1n) is 18.7. The summed E-state index contributed by atoms with van der Waals surface area (Å²) in [6.45, 7) is 10.2. The summed E-state index contributed by atoms with van der Waals surface area (Å²) < 4.78 is 53.1. The lowest BCUT2D eigenvalue weighted by atomic mass is 9.95. The molecule has 1 amide bonds. The molecule has 6 heterocycles. The van der Waals surface area contributed by atoms with Crippen molar-refractivity contribution in [3.8, 4) is 23.0 Å². The van der Waals surface area contributed by atoms with Crippen molar-refractivity contribution < 1.29 is 32.5 Å². The highest BCUT2D eigenvalue weighted by molar-refractivity contribution is 6.01. The number of hydrogen-bond donors (Lipinski definition) is 0. The van der Waals surface area contributed by atoms with E-state index in [0.717, 1.165) is 37.6 Å². The van der Waals surface area contributed by atoms with Gasteiger partial charge in [-0.05, 0) is 100 Å². The maximum absolute atomic E-state index is 15.3. The number of carbonyl (C=O) groups is 1. The van der Waals surface area contributed by atoms with Crippen LogP contribution in [-0.4, -0.2) is 112 Å². The molecule has 2 bridgehead atoms. The second kappa shape index (κ2) is 13.8. The van der Waals surface area contributed by atoms with E-state index in [1.807, 2.05) is 50.8 Å². The number of ether oxygens (including phenoxy) is 4. The highest BCUT2D eigenvalue weighted by atomic mass is 19.1. The van der Waals surface area contributed by atoms with Gasteiger partial charge in [-0.15, -0.1) is 10.2 Å². The summed E-state index contributed by atoms with van der Waals surface area (Å²) in [5.41, 5.74) is 1.68. The summed E-state index contributed by atoms with van der Waals surface area (Å²) in [7, 11) is 1.55. The third kappa shape index (κ3) is 6.68. The van der Waals surface area contributed by atoms with Gasteiger partial charge in [0.15, 0.2) is 18.1 Å². The molecule has 53 heavy (non-hydrogen) atoms. The summed E-state index contributed by atoms with van der Waals surface area (Å²) in [5, 5.41) is 10.9. The molecule has 2 unspecified atom stereocenters. The molecular weight excluding hydrogens is 684 g/mol. The minimum Gasteiger partial charge on any atom is -0.468 e.